The summed E-state index contributed by atoms with van der Waals surface area (Å²) in [6, 6.07) is 25.6. The third-order valence-corrected chi connectivity index (χ3v) is 5.66. The second-order valence-corrected chi connectivity index (χ2v) is 7.91. The Hall–Kier alpha value is -4.58. The SMILES string of the molecule is O=C(Oc1ccccc1F)C(=Cc1nccn1Cc1cccc2ccccc12)c1ccccc1F. The first-order valence-electron chi connectivity index (χ1n) is 11.0. The van der Waals surface area contributed by atoms with E-state index in [2.05, 4.69) is 4.98 Å². The summed E-state index contributed by atoms with van der Waals surface area (Å²) < 4.78 is 36.0. The van der Waals surface area contributed by atoms with Crippen molar-refractivity contribution >= 4 is 28.4 Å². The Kier molecular flexibility index (Phi) is 6.18. The first-order chi connectivity index (χ1) is 17.1. The summed E-state index contributed by atoms with van der Waals surface area (Å²) in [5, 5.41) is 2.22. The van der Waals surface area contributed by atoms with Gasteiger partial charge in [-0.3, -0.25) is 0 Å². The monoisotopic (exact) mass is 466 g/mol. The van der Waals surface area contributed by atoms with Crippen molar-refractivity contribution in [1.82, 2.24) is 9.55 Å². The van der Waals surface area contributed by atoms with E-state index < -0.39 is 17.6 Å². The highest BCUT2D eigenvalue weighted by Crippen LogP contribution is 2.26. The number of carbonyl (C=O) groups is 1. The molecule has 5 aromatic rings. The molecule has 1 aromatic heterocycles. The maximum Gasteiger partial charge on any atom is 0.344 e. The van der Waals surface area contributed by atoms with Crippen LogP contribution in [0.5, 0.6) is 5.75 Å². The molecule has 5 rings (SSSR count). The molecule has 172 valence electrons. The van der Waals surface area contributed by atoms with Crippen molar-refractivity contribution < 1.29 is 18.3 Å². The Labute approximate surface area is 200 Å². The normalized spacial score (nSPS) is 11.5. The minimum Gasteiger partial charge on any atom is -0.420 e. The van der Waals surface area contributed by atoms with Crippen molar-refractivity contribution in [2.24, 2.45) is 0 Å². The number of benzene rings is 4. The van der Waals surface area contributed by atoms with Crippen LogP contribution >= 0.6 is 0 Å². The molecule has 35 heavy (non-hydrogen) atoms. The zero-order valence-electron chi connectivity index (χ0n) is 18.6. The lowest BCUT2D eigenvalue weighted by atomic mass is 10.0. The predicted octanol–water partition coefficient (Wildman–Crippen LogP) is 6.51. The molecule has 0 fully saturated rings. The Morgan fingerprint density at radius 3 is 2.40 bits per heavy atom. The lowest BCUT2D eigenvalue weighted by Crippen LogP contribution is -2.13. The van der Waals surface area contributed by atoms with Gasteiger partial charge < -0.3 is 9.30 Å². The van der Waals surface area contributed by atoms with E-state index in [0.717, 1.165) is 16.3 Å². The smallest absolute Gasteiger partial charge is 0.344 e. The van der Waals surface area contributed by atoms with Crippen LogP contribution in [0.15, 0.2) is 103 Å². The first kappa shape index (κ1) is 22.2. The van der Waals surface area contributed by atoms with Crippen molar-refractivity contribution in [2.45, 2.75) is 6.54 Å². The fraction of sp³-hybridized carbons (Fsp3) is 0.0345. The second-order valence-electron chi connectivity index (χ2n) is 7.91. The van der Waals surface area contributed by atoms with Gasteiger partial charge >= 0.3 is 5.97 Å². The van der Waals surface area contributed by atoms with Gasteiger partial charge in [-0.05, 0) is 40.6 Å². The number of nitrogens with zero attached hydrogens (tertiary/aromatic N) is 2. The average Bonchev–Trinajstić information content (AvgIpc) is 3.31. The van der Waals surface area contributed by atoms with Gasteiger partial charge in [0.05, 0.1) is 5.57 Å². The maximum atomic E-state index is 14.7. The summed E-state index contributed by atoms with van der Waals surface area (Å²) in [5.74, 6) is -1.98. The molecular weight excluding hydrogens is 446 g/mol. The van der Waals surface area contributed by atoms with Crippen LogP contribution in [0, 0.1) is 11.6 Å². The predicted molar refractivity (Wildman–Crippen MR) is 132 cm³/mol. The van der Waals surface area contributed by atoms with E-state index in [1.807, 2.05) is 47.0 Å². The van der Waals surface area contributed by atoms with Gasteiger partial charge in [-0.25, -0.2) is 18.6 Å². The number of para-hydroxylation sites is 1. The first-order valence-corrected chi connectivity index (χ1v) is 11.0. The number of ether oxygens (including phenoxy) is 1. The van der Waals surface area contributed by atoms with Gasteiger partial charge in [-0.1, -0.05) is 72.8 Å². The van der Waals surface area contributed by atoms with Crippen molar-refractivity contribution in [3.05, 3.63) is 132 Å². The Morgan fingerprint density at radius 1 is 0.857 bits per heavy atom. The number of imidazole rings is 1. The minimum atomic E-state index is -0.889. The number of rotatable bonds is 6. The Bertz CT molecular complexity index is 1550. The summed E-state index contributed by atoms with van der Waals surface area (Å²) in [5.41, 5.74) is 1.03. The number of fused-ring (bicyclic) bond motifs is 1. The van der Waals surface area contributed by atoms with Crippen LogP contribution in [-0.2, 0) is 11.3 Å². The number of esters is 1. The van der Waals surface area contributed by atoms with Crippen molar-refractivity contribution in [2.75, 3.05) is 0 Å². The highest BCUT2D eigenvalue weighted by molar-refractivity contribution is 6.22. The van der Waals surface area contributed by atoms with E-state index in [0.29, 0.717) is 12.4 Å². The van der Waals surface area contributed by atoms with Gasteiger partial charge in [0.2, 0.25) is 0 Å². The number of hydrogen-bond acceptors (Lipinski definition) is 3. The van der Waals surface area contributed by atoms with Crippen molar-refractivity contribution in [3.63, 3.8) is 0 Å². The van der Waals surface area contributed by atoms with E-state index in [4.69, 9.17) is 4.74 Å². The molecule has 0 unspecified atom stereocenters. The van der Waals surface area contributed by atoms with E-state index in [9.17, 15) is 13.6 Å². The molecule has 0 bridgehead atoms. The largest absolute Gasteiger partial charge is 0.420 e. The van der Waals surface area contributed by atoms with E-state index in [1.165, 1.54) is 42.5 Å². The molecule has 0 aliphatic carbocycles. The molecule has 0 atom stereocenters. The summed E-state index contributed by atoms with van der Waals surface area (Å²) >= 11 is 0. The average molecular weight is 466 g/mol. The molecule has 0 aliphatic heterocycles. The summed E-state index contributed by atoms with van der Waals surface area (Å²) in [7, 11) is 0. The molecule has 6 heteroatoms. The standard InChI is InChI=1S/C29H20F2N2O2/c30-25-13-4-3-12-23(25)24(29(34)35-27-15-6-5-14-26(27)31)18-28-32-16-17-33(28)19-21-10-7-9-20-8-1-2-11-22(20)21/h1-18H,19H2. The van der Waals surface area contributed by atoms with Crippen LogP contribution in [-0.4, -0.2) is 15.5 Å². The molecule has 0 N–H and O–H groups in total. The lowest BCUT2D eigenvalue weighted by Gasteiger charge is -2.12. The van der Waals surface area contributed by atoms with Gasteiger partial charge in [0, 0.05) is 24.5 Å². The molecular formula is C29H20F2N2O2. The topological polar surface area (TPSA) is 44.1 Å². The molecule has 0 aliphatic rings. The molecule has 1 heterocycles. The summed E-state index contributed by atoms with van der Waals surface area (Å²) in [4.78, 5) is 17.5. The van der Waals surface area contributed by atoms with Crippen LogP contribution in [0.1, 0.15) is 17.0 Å². The molecule has 0 spiro atoms. The zero-order chi connectivity index (χ0) is 24.2. The summed E-state index contributed by atoms with van der Waals surface area (Å²) in [6.07, 6.45) is 4.86. The highest BCUT2D eigenvalue weighted by atomic mass is 19.1. The number of hydrogen-bond donors (Lipinski definition) is 0. The molecule has 0 saturated heterocycles. The molecule has 0 amide bonds. The van der Waals surface area contributed by atoms with Crippen LogP contribution in [0.4, 0.5) is 8.78 Å². The molecule has 4 aromatic carbocycles. The van der Waals surface area contributed by atoms with Gasteiger partial charge in [0.15, 0.2) is 11.6 Å². The number of aromatic nitrogens is 2. The third-order valence-electron chi connectivity index (χ3n) is 5.66. The van der Waals surface area contributed by atoms with Gasteiger partial charge in [0.1, 0.15) is 11.6 Å². The number of halogens is 2. The third kappa shape index (κ3) is 4.73. The fourth-order valence-corrected chi connectivity index (χ4v) is 3.95. The van der Waals surface area contributed by atoms with E-state index >= 15 is 0 Å². The lowest BCUT2D eigenvalue weighted by molar-refractivity contribution is -0.128. The second kappa shape index (κ2) is 9.73. The number of carbonyl (C=O) groups excluding carboxylic acids is 1. The van der Waals surface area contributed by atoms with E-state index in [1.54, 1.807) is 24.5 Å². The van der Waals surface area contributed by atoms with Gasteiger partial charge in [-0.15, -0.1) is 0 Å². The van der Waals surface area contributed by atoms with Crippen LogP contribution in [0.2, 0.25) is 0 Å². The Morgan fingerprint density at radius 2 is 1.57 bits per heavy atom. The van der Waals surface area contributed by atoms with Gasteiger partial charge in [0.25, 0.3) is 0 Å². The van der Waals surface area contributed by atoms with Crippen LogP contribution in [0.3, 0.4) is 0 Å². The molecule has 4 nitrogen and oxygen atoms in total. The molecule has 0 radical (unpaired) electrons. The fourth-order valence-electron chi connectivity index (χ4n) is 3.95. The Balaban J connectivity index is 1.55. The molecule has 0 saturated carbocycles. The van der Waals surface area contributed by atoms with Crippen LogP contribution < -0.4 is 4.74 Å². The highest BCUT2D eigenvalue weighted by Gasteiger charge is 2.20. The maximum absolute atomic E-state index is 14.7. The zero-order valence-corrected chi connectivity index (χ0v) is 18.6. The minimum absolute atomic E-state index is 0.0357. The van der Waals surface area contributed by atoms with Crippen molar-refractivity contribution in [3.8, 4) is 5.75 Å². The van der Waals surface area contributed by atoms with Gasteiger partial charge in [-0.2, -0.15) is 0 Å². The van der Waals surface area contributed by atoms with E-state index in [-0.39, 0.29) is 16.9 Å². The van der Waals surface area contributed by atoms with Crippen LogP contribution in [0.25, 0.3) is 22.4 Å². The van der Waals surface area contributed by atoms with Crippen molar-refractivity contribution in [1.29, 1.82) is 0 Å². The quantitative estimate of drug-likeness (QED) is 0.163. The summed E-state index contributed by atoms with van der Waals surface area (Å²) in [6.45, 7) is 0.486.